The van der Waals surface area contributed by atoms with Gasteiger partial charge in [-0.15, -0.1) is 0 Å². The van der Waals surface area contributed by atoms with Crippen LogP contribution in [0.15, 0.2) is 48.7 Å². The molecule has 0 aliphatic rings. The minimum Gasteiger partial charge on any atom is -0.462 e. The second kappa shape index (κ2) is 15.8. The maximum atomic E-state index is 13.4. The van der Waals surface area contributed by atoms with Crippen LogP contribution >= 0.6 is 0 Å². The highest BCUT2D eigenvalue weighted by Crippen LogP contribution is 2.36. The van der Waals surface area contributed by atoms with Crippen molar-refractivity contribution in [2.24, 2.45) is 0 Å². The van der Waals surface area contributed by atoms with Gasteiger partial charge in [-0.05, 0) is 64.4 Å². The molecule has 1 heterocycles. The van der Waals surface area contributed by atoms with E-state index in [9.17, 15) is 31.1 Å². The van der Waals surface area contributed by atoms with Gasteiger partial charge in [0, 0.05) is 38.4 Å². The number of aliphatic hydroxyl groups excluding tert-OH is 1. The summed E-state index contributed by atoms with van der Waals surface area (Å²) >= 11 is 0. The Morgan fingerprint density at radius 2 is 1.45 bits per heavy atom. The van der Waals surface area contributed by atoms with Gasteiger partial charge < -0.3 is 24.5 Å². The molecule has 8 nitrogen and oxygen atoms in total. The molecule has 2 aromatic carbocycles. The lowest BCUT2D eigenvalue weighted by Gasteiger charge is -2.21. The number of hydrogen-bond donors (Lipinski definition) is 1. The van der Waals surface area contributed by atoms with Gasteiger partial charge in [-0.3, -0.25) is 4.79 Å². The summed E-state index contributed by atoms with van der Waals surface area (Å²) in [5.74, 6) is -0.686. The average Bonchev–Trinajstić information content (AvgIpc) is 2.92. The summed E-state index contributed by atoms with van der Waals surface area (Å²) in [5.41, 5.74) is -1.60. The lowest BCUT2D eigenvalue weighted by molar-refractivity contribution is -0.143. The van der Waals surface area contributed by atoms with Crippen molar-refractivity contribution < 1.29 is 41.0 Å². The van der Waals surface area contributed by atoms with Gasteiger partial charge in [0.15, 0.2) is 0 Å². The van der Waals surface area contributed by atoms with E-state index in [4.69, 9.17) is 9.84 Å². The van der Waals surface area contributed by atoms with Crippen molar-refractivity contribution in [3.8, 4) is 17.3 Å². The van der Waals surface area contributed by atoms with E-state index in [1.165, 1.54) is 13.2 Å². The van der Waals surface area contributed by atoms with Crippen LogP contribution in [-0.2, 0) is 18.9 Å². The first-order chi connectivity index (χ1) is 20.4. The van der Waals surface area contributed by atoms with Crippen molar-refractivity contribution in [2.45, 2.75) is 25.8 Å². The molecule has 1 aromatic heterocycles. The fraction of sp³-hybridized carbons (Fsp3) is 0.433. The van der Waals surface area contributed by atoms with Crippen molar-refractivity contribution in [1.82, 2.24) is 24.7 Å². The summed E-state index contributed by atoms with van der Waals surface area (Å²) in [6.07, 6.45) is -8.74. The zero-order valence-corrected chi connectivity index (χ0v) is 25.4. The molecule has 0 fully saturated rings. The third-order valence-electron chi connectivity index (χ3n) is 6.13. The molecular formula is C30H37F6N5O3. The molecule has 0 saturated heterocycles. The molecule has 0 aliphatic heterocycles. The number of aliphatic hydroxyl groups is 1. The zero-order chi connectivity index (χ0) is 33.2. The molecule has 44 heavy (non-hydrogen) atoms. The van der Waals surface area contributed by atoms with Crippen LogP contribution in [0.4, 0.5) is 26.3 Å². The highest BCUT2D eigenvalue weighted by molar-refractivity contribution is 5.99. The largest absolute Gasteiger partial charge is 0.462 e. The second-order valence-corrected chi connectivity index (χ2v) is 10.5. The van der Waals surface area contributed by atoms with E-state index >= 15 is 0 Å². The highest BCUT2D eigenvalue weighted by Gasteiger charge is 2.37. The van der Waals surface area contributed by atoms with Gasteiger partial charge in [0.25, 0.3) is 5.91 Å². The van der Waals surface area contributed by atoms with E-state index in [0.717, 1.165) is 17.0 Å². The second-order valence-electron chi connectivity index (χ2n) is 10.5. The Labute approximate surface area is 252 Å². The normalized spacial score (nSPS) is 11.8. The Bertz CT molecular complexity index is 1350. The summed E-state index contributed by atoms with van der Waals surface area (Å²) in [4.78, 5) is 26.7. The van der Waals surface area contributed by atoms with E-state index in [-0.39, 0.29) is 42.1 Å². The van der Waals surface area contributed by atoms with Crippen LogP contribution in [0, 0.1) is 6.92 Å². The minimum absolute atomic E-state index is 0.0183. The molecule has 0 spiro atoms. The molecule has 0 atom stereocenters. The average molecular weight is 630 g/mol. The van der Waals surface area contributed by atoms with Crippen LogP contribution in [0.3, 0.4) is 0 Å². The molecule has 0 radical (unpaired) electrons. The van der Waals surface area contributed by atoms with E-state index in [1.807, 2.05) is 51.0 Å². The Morgan fingerprint density at radius 1 is 0.886 bits per heavy atom. The van der Waals surface area contributed by atoms with Crippen molar-refractivity contribution in [1.29, 1.82) is 0 Å². The Hall–Kier alpha value is -3.75. The molecule has 3 aromatic rings. The molecular weight excluding hydrogens is 592 g/mol. The van der Waals surface area contributed by atoms with Crippen LogP contribution in [0.2, 0.25) is 0 Å². The van der Waals surface area contributed by atoms with E-state index in [2.05, 4.69) is 9.97 Å². The van der Waals surface area contributed by atoms with Gasteiger partial charge in [0.05, 0.1) is 29.0 Å². The van der Waals surface area contributed by atoms with Gasteiger partial charge in [0.1, 0.15) is 6.61 Å². The first kappa shape index (κ1) is 36.4. The molecule has 14 heteroatoms. The maximum absolute atomic E-state index is 13.4. The number of aromatic nitrogens is 2. The topological polar surface area (TPSA) is 82.0 Å². The van der Waals surface area contributed by atoms with Gasteiger partial charge in [-0.25, -0.2) is 4.98 Å². The maximum Gasteiger partial charge on any atom is 0.416 e. The summed E-state index contributed by atoms with van der Waals surface area (Å²) in [7, 11) is 8.86. The fourth-order valence-corrected chi connectivity index (χ4v) is 3.82. The molecule has 0 saturated carbocycles. The standard InChI is InChI=1S/C26H26F6N4O2.C4H11NO/c1-16-7-5-6-8-20(16)22-21(14-33-24(34-22)38-10-9-35(2)3)23(37)36(4)15-17-11-18(25(27,28)29)13-19(12-17)26(30,31)32;1-5(2)3-4-6/h5-8,11-14H,9-10,15H2,1-4H3;6H,3-4H2,1-2H3. The number of likely N-dealkylation sites (N-methyl/N-ethyl adjacent to an activating group) is 2. The quantitative estimate of drug-likeness (QED) is 0.307. The van der Waals surface area contributed by atoms with Crippen LogP contribution in [0.25, 0.3) is 11.3 Å². The van der Waals surface area contributed by atoms with Crippen LogP contribution in [0.5, 0.6) is 6.01 Å². The molecule has 242 valence electrons. The third-order valence-corrected chi connectivity index (χ3v) is 6.13. The van der Waals surface area contributed by atoms with Gasteiger partial charge >= 0.3 is 18.4 Å². The van der Waals surface area contributed by atoms with Crippen molar-refractivity contribution >= 4 is 5.91 Å². The number of hydrogen-bond acceptors (Lipinski definition) is 7. The SMILES string of the molecule is CN(C)CCO.Cc1ccccc1-c1nc(OCCN(C)C)ncc1C(=O)N(C)Cc1cc(C(F)(F)F)cc(C(F)(F)F)c1. The number of halogens is 6. The van der Waals surface area contributed by atoms with E-state index < -0.39 is 35.9 Å². The van der Waals surface area contributed by atoms with Gasteiger partial charge in [-0.2, -0.15) is 31.3 Å². The minimum atomic E-state index is -4.99. The number of amides is 1. The summed E-state index contributed by atoms with van der Waals surface area (Å²) in [6.45, 7) is 3.18. The van der Waals surface area contributed by atoms with Crippen molar-refractivity contribution in [3.05, 3.63) is 76.5 Å². The first-order valence-corrected chi connectivity index (χ1v) is 13.4. The first-order valence-electron chi connectivity index (χ1n) is 13.4. The fourth-order valence-electron chi connectivity index (χ4n) is 3.82. The number of alkyl halides is 6. The predicted octanol–water partition coefficient (Wildman–Crippen LogP) is 5.24. The van der Waals surface area contributed by atoms with Gasteiger partial charge in [0.2, 0.25) is 0 Å². The predicted molar refractivity (Wildman–Crippen MR) is 154 cm³/mol. The highest BCUT2D eigenvalue weighted by atomic mass is 19.4. The summed E-state index contributed by atoms with van der Waals surface area (Å²) < 4.78 is 85.2. The smallest absolute Gasteiger partial charge is 0.416 e. The monoisotopic (exact) mass is 629 g/mol. The number of benzene rings is 2. The number of aryl methyl sites for hydroxylation is 1. The lowest BCUT2D eigenvalue weighted by atomic mass is 10.0. The Morgan fingerprint density at radius 3 is 1.93 bits per heavy atom. The van der Waals surface area contributed by atoms with Crippen LogP contribution in [0.1, 0.15) is 32.6 Å². The lowest BCUT2D eigenvalue weighted by Crippen LogP contribution is -2.28. The number of nitrogens with zero attached hydrogens (tertiary/aromatic N) is 5. The van der Waals surface area contributed by atoms with Gasteiger partial charge in [-0.1, -0.05) is 24.3 Å². The molecule has 0 unspecified atom stereocenters. The zero-order valence-electron chi connectivity index (χ0n) is 25.4. The molecule has 3 rings (SSSR count). The number of carbonyl (C=O) groups is 1. The number of ether oxygens (including phenoxy) is 1. The van der Waals surface area contributed by atoms with Crippen LogP contribution in [-0.4, -0.2) is 97.2 Å². The summed E-state index contributed by atoms with van der Waals surface area (Å²) in [6, 6.07) is 8.36. The van der Waals surface area contributed by atoms with Crippen molar-refractivity contribution in [2.75, 3.05) is 61.5 Å². The van der Waals surface area contributed by atoms with E-state index in [0.29, 0.717) is 24.2 Å². The molecule has 1 amide bonds. The summed E-state index contributed by atoms with van der Waals surface area (Å²) in [5, 5.41) is 8.20. The Balaban J connectivity index is 0.00000102. The molecule has 0 aliphatic carbocycles. The molecule has 0 bridgehead atoms. The Kier molecular flexibility index (Phi) is 13.1. The molecule has 1 N–H and O–H groups in total. The van der Waals surface area contributed by atoms with Crippen molar-refractivity contribution in [3.63, 3.8) is 0 Å². The van der Waals surface area contributed by atoms with E-state index in [1.54, 1.807) is 18.2 Å². The third kappa shape index (κ3) is 11.1. The number of rotatable bonds is 10. The number of carbonyl (C=O) groups excluding carboxylic acids is 1. The van der Waals surface area contributed by atoms with Crippen LogP contribution < -0.4 is 4.74 Å².